The van der Waals surface area contributed by atoms with E-state index in [9.17, 15) is 4.79 Å². The minimum Gasteiger partial charge on any atom is -0.497 e. The molecule has 0 spiro atoms. The number of aromatic amines is 1. The van der Waals surface area contributed by atoms with Crippen LogP contribution >= 0.6 is 23.4 Å². The summed E-state index contributed by atoms with van der Waals surface area (Å²) in [5.74, 6) is 2.03. The number of benzene rings is 3. The number of para-hydroxylation sites is 1. The van der Waals surface area contributed by atoms with Crippen molar-refractivity contribution in [3.63, 3.8) is 0 Å². The first-order valence-electron chi connectivity index (χ1n) is 10.6. The van der Waals surface area contributed by atoms with Crippen LogP contribution in [-0.2, 0) is 4.79 Å². The smallest absolute Gasteiger partial charge is 0.225 e. The summed E-state index contributed by atoms with van der Waals surface area (Å²) >= 11 is 7.62. The predicted octanol–water partition coefficient (Wildman–Crippen LogP) is 6.54. The third kappa shape index (κ3) is 5.73. The van der Waals surface area contributed by atoms with Gasteiger partial charge in [-0.15, -0.1) is 0 Å². The molecule has 0 unspecified atom stereocenters. The number of carbonyl (C=O) groups excluding carboxylic acids is 1. The lowest BCUT2D eigenvalue weighted by Gasteiger charge is -2.06. The van der Waals surface area contributed by atoms with Crippen LogP contribution in [0, 0.1) is 0 Å². The summed E-state index contributed by atoms with van der Waals surface area (Å²) in [5, 5.41) is 4.10. The summed E-state index contributed by atoms with van der Waals surface area (Å²) in [6.45, 7) is 0. The molecule has 0 atom stereocenters. The first-order valence-corrected chi connectivity index (χ1v) is 12.0. The van der Waals surface area contributed by atoms with E-state index < -0.39 is 0 Å². The molecule has 1 amide bonds. The van der Waals surface area contributed by atoms with Crippen molar-refractivity contribution >= 4 is 35.0 Å². The molecular formula is C26H24ClN3O3S. The van der Waals surface area contributed by atoms with Gasteiger partial charge in [0.15, 0.2) is 5.16 Å². The zero-order valence-corrected chi connectivity index (χ0v) is 20.4. The second kappa shape index (κ2) is 11.1. The monoisotopic (exact) mass is 493 g/mol. The number of nitrogens with zero attached hydrogens (tertiary/aromatic N) is 1. The number of carbonyl (C=O) groups is 1. The Labute approximate surface area is 207 Å². The number of aromatic nitrogens is 2. The highest BCUT2D eigenvalue weighted by atomic mass is 35.5. The minimum atomic E-state index is -0.0992. The van der Waals surface area contributed by atoms with E-state index in [0.717, 1.165) is 39.2 Å². The van der Waals surface area contributed by atoms with E-state index in [-0.39, 0.29) is 5.91 Å². The number of halogens is 1. The normalized spacial score (nSPS) is 10.7. The van der Waals surface area contributed by atoms with Gasteiger partial charge < -0.3 is 19.8 Å². The Morgan fingerprint density at radius 1 is 0.941 bits per heavy atom. The molecule has 174 valence electrons. The van der Waals surface area contributed by atoms with Gasteiger partial charge in [0.25, 0.3) is 0 Å². The van der Waals surface area contributed by atoms with Gasteiger partial charge in [-0.3, -0.25) is 4.79 Å². The number of ether oxygens (including phenoxy) is 2. The van der Waals surface area contributed by atoms with E-state index in [1.54, 1.807) is 26.4 Å². The van der Waals surface area contributed by atoms with Gasteiger partial charge in [-0.2, -0.15) is 0 Å². The van der Waals surface area contributed by atoms with Crippen molar-refractivity contribution in [1.82, 2.24) is 9.97 Å². The Balaban J connectivity index is 1.51. The summed E-state index contributed by atoms with van der Waals surface area (Å²) in [6, 6.07) is 22.8. The van der Waals surface area contributed by atoms with Crippen LogP contribution in [0.3, 0.4) is 0 Å². The number of hydrogen-bond donors (Lipinski definition) is 2. The molecule has 4 aromatic rings. The maximum Gasteiger partial charge on any atom is 0.225 e. The molecule has 34 heavy (non-hydrogen) atoms. The number of amides is 1. The number of nitrogens with one attached hydrogen (secondary N) is 2. The van der Waals surface area contributed by atoms with Crippen molar-refractivity contribution in [3.05, 3.63) is 77.8 Å². The van der Waals surface area contributed by atoms with Crippen molar-refractivity contribution in [2.45, 2.75) is 11.6 Å². The standard InChI is InChI=1S/C26H24ClN3O3S/c1-32-19-11-7-17(8-12-19)24-25(18-9-13-20(33-2)14-10-18)30-26(29-24)34-16-15-23(31)28-22-6-4-3-5-21(22)27/h3-14H,15-16H2,1-2H3,(H,28,31)(H,29,30). The molecule has 3 aromatic carbocycles. The molecule has 4 rings (SSSR count). The maximum atomic E-state index is 12.4. The van der Waals surface area contributed by atoms with Crippen molar-refractivity contribution in [2.24, 2.45) is 0 Å². The Hall–Kier alpha value is -3.42. The van der Waals surface area contributed by atoms with Crippen molar-refractivity contribution in [3.8, 4) is 34.0 Å². The Bertz CT molecular complexity index is 1190. The molecule has 0 aliphatic heterocycles. The number of methoxy groups -OCH3 is 2. The molecule has 0 saturated heterocycles. The molecule has 0 radical (unpaired) electrons. The molecular weight excluding hydrogens is 470 g/mol. The summed E-state index contributed by atoms with van der Waals surface area (Å²) in [4.78, 5) is 20.6. The van der Waals surface area contributed by atoms with Gasteiger partial charge in [-0.05, 0) is 60.7 Å². The van der Waals surface area contributed by atoms with Crippen molar-refractivity contribution in [1.29, 1.82) is 0 Å². The van der Waals surface area contributed by atoms with Crippen LogP contribution in [-0.4, -0.2) is 35.8 Å². The largest absolute Gasteiger partial charge is 0.497 e. The zero-order chi connectivity index (χ0) is 23.9. The van der Waals surface area contributed by atoms with E-state index in [0.29, 0.717) is 22.9 Å². The summed E-state index contributed by atoms with van der Waals surface area (Å²) < 4.78 is 10.6. The maximum absolute atomic E-state index is 12.4. The number of H-pyrrole nitrogens is 1. The second-order valence-corrected chi connectivity index (χ2v) is 8.84. The molecule has 0 saturated carbocycles. The first-order chi connectivity index (χ1) is 16.6. The Morgan fingerprint density at radius 3 is 2.18 bits per heavy atom. The fraction of sp³-hybridized carbons (Fsp3) is 0.154. The molecule has 0 fully saturated rings. The van der Waals surface area contributed by atoms with Crippen LogP contribution in [0.2, 0.25) is 5.02 Å². The van der Waals surface area contributed by atoms with Crippen LogP contribution in [0.5, 0.6) is 11.5 Å². The van der Waals surface area contributed by atoms with Crippen LogP contribution in [0.15, 0.2) is 78.0 Å². The van der Waals surface area contributed by atoms with E-state index in [2.05, 4.69) is 10.3 Å². The fourth-order valence-corrected chi connectivity index (χ4v) is 4.35. The molecule has 0 aliphatic rings. The van der Waals surface area contributed by atoms with Gasteiger partial charge >= 0.3 is 0 Å². The fourth-order valence-electron chi connectivity index (χ4n) is 3.36. The lowest BCUT2D eigenvalue weighted by atomic mass is 10.0. The van der Waals surface area contributed by atoms with Gasteiger partial charge in [0.05, 0.1) is 36.3 Å². The topological polar surface area (TPSA) is 76.2 Å². The number of anilines is 1. The summed E-state index contributed by atoms with van der Waals surface area (Å²) in [5.41, 5.74) is 4.29. The van der Waals surface area contributed by atoms with Gasteiger partial charge in [0, 0.05) is 23.3 Å². The number of imidazole rings is 1. The summed E-state index contributed by atoms with van der Waals surface area (Å²) in [6.07, 6.45) is 0.326. The molecule has 2 N–H and O–H groups in total. The SMILES string of the molecule is COc1ccc(-c2nc(SCCC(=O)Nc3ccccc3Cl)[nH]c2-c2ccc(OC)cc2)cc1. The van der Waals surface area contributed by atoms with E-state index in [1.807, 2.05) is 60.7 Å². The highest BCUT2D eigenvalue weighted by molar-refractivity contribution is 7.99. The lowest BCUT2D eigenvalue weighted by Crippen LogP contribution is -2.12. The average molecular weight is 494 g/mol. The third-order valence-electron chi connectivity index (χ3n) is 5.14. The summed E-state index contributed by atoms with van der Waals surface area (Å²) in [7, 11) is 3.29. The van der Waals surface area contributed by atoms with Gasteiger partial charge in [-0.25, -0.2) is 4.98 Å². The molecule has 0 bridgehead atoms. The lowest BCUT2D eigenvalue weighted by molar-refractivity contribution is -0.115. The molecule has 1 aromatic heterocycles. The van der Waals surface area contributed by atoms with Crippen LogP contribution in [0.1, 0.15) is 6.42 Å². The quantitative estimate of drug-likeness (QED) is 0.259. The first kappa shape index (κ1) is 23.7. The van der Waals surface area contributed by atoms with Gasteiger partial charge in [0.2, 0.25) is 5.91 Å². The Morgan fingerprint density at radius 2 is 1.56 bits per heavy atom. The van der Waals surface area contributed by atoms with Crippen molar-refractivity contribution in [2.75, 3.05) is 25.3 Å². The molecule has 1 heterocycles. The highest BCUT2D eigenvalue weighted by Crippen LogP contribution is 2.34. The zero-order valence-electron chi connectivity index (χ0n) is 18.8. The Kier molecular flexibility index (Phi) is 7.77. The number of rotatable bonds is 9. The average Bonchev–Trinajstić information content (AvgIpc) is 3.29. The van der Waals surface area contributed by atoms with Gasteiger partial charge in [0.1, 0.15) is 11.5 Å². The molecule has 8 heteroatoms. The number of thioether (sulfide) groups is 1. The van der Waals surface area contributed by atoms with E-state index in [4.69, 9.17) is 26.1 Å². The predicted molar refractivity (Wildman–Crippen MR) is 138 cm³/mol. The number of hydrogen-bond acceptors (Lipinski definition) is 5. The highest BCUT2D eigenvalue weighted by Gasteiger charge is 2.16. The van der Waals surface area contributed by atoms with Crippen LogP contribution in [0.4, 0.5) is 5.69 Å². The minimum absolute atomic E-state index is 0.0992. The molecule has 6 nitrogen and oxygen atoms in total. The van der Waals surface area contributed by atoms with Crippen LogP contribution in [0.25, 0.3) is 22.5 Å². The van der Waals surface area contributed by atoms with Gasteiger partial charge in [-0.1, -0.05) is 35.5 Å². The van der Waals surface area contributed by atoms with Crippen LogP contribution < -0.4 is 14.8 Å². The third-order valence-corrected chi connectivity index (χ3v) is 6.34. The van der Waals surface area contributed by atoms with E-state index >= 15 is 0 Å². The van der Waals surface area contributed by atoms with Crippen molar-refractivity contribution < 1.29 is 14.3 Å². The second-order valence-electron chi connectivity index (χ2n) is 7.35. The van der Waals surface area contributed by atoms with E-state index in [1.165, 1.54) is 11.8 Å². The molecule has 0 aliphatic carbocycles.